The number of carboxylic acids is 1. The van der Waals surface area contributed by atoms with Gasteiger partial charge in [-0.1, -0.05) is 68.3 Å². The Morgan fingerprint density at radius 3 is 2.29 bits per heavy atom. The van der Waals surface area contributed by atoms with Crippen LogP contribution in [0.1, 0.15) is 98.2 Å². The van der Waals surface area contributed by atoms with Gasteiger partial charge in [-0.25, -0.2) is 4.79 Å². The Labute approximate surface area is 348 Å². The van der Waals surface area contributed by atoms with Crippen LogP contribution in [-0.4, -0.2) is 84.5 Å². The monoisotopic (exact) mass is 840 g/mol. The van der Waals surface area contributed by atoms with Crippen molar-refractivity contribution in [2.45, 2.75) is 129 Å². The van der Waals surface area contributed by atoms with Crippen LogP contribution >= 0.6 is 11.6 Å². The van der Waals surface area contributed by atoms with Gasteiger partial charge in [-0.15, -0.1) is 0 Å². The maximum Gasteiger partial charge on any atom is 0.408 e. The zero-order chi connectivity index (χ0) is 43.6. The van der Waals surface area contributed by atoms with Crippen LogP contribution in [0.25, 0.3) is 10.9 Å². The molecule has 58 heavy (non-hydrogen) atoms. The fraction of sp³-hybridized carbons (Fsp3) is 0.512. The van der Waals surface area contributed by atoms with E-state index in [0.29, 0.717) is 29.2 Å². The van der Waals surface area contributed by atoms with Crippen molar-refractivity contribution < 1.29 is 43.0 Å². The van der Waals surface area contributed by atoms with Gasteiger partial charge in [-0.2, -0.15) is 0 Å². The highest BCUT2D eigenvalue weighted by molar-refractivity contribution is 6.74. The molecular formula is C43H61ClN4O9Si. The number of esters is 1. The summed E-state index contributed by atoms with van der Waals surface area (Å²) < 4.78 is 17.4. The molecule has 15 heteroatoms. The molecule has 2 aromatic carbocycles. The average Bonchev–Trinajstić information content (AvgIpc) is 3.52. The number of para-hydroxylation sites is 1. The number of allylic oxidation sites excluding steroid dienone is 1. The standard InChI is InChI=1S/C43H61ClN4O9Si/c1-27(18-21-37(49)50)15-14-22-55-38(51)25-34(29-19-20-36(32(44)23-29)57-58(10,11)43(6,7)8)47-39(52)35(24-30-26-45-33-17-13-12-16-31(30)33)48(9)40(53)28(2)46-41(54)56-42(3,4)5/h12-13,15-17,19-20,23,26,28,34-35,45H,14,18,21-22,24-25H2,1-11H3,(H,46,54)(H,47,52)(H,49,50)/t28-,34+,35+/m0/s1. The van der Waals surface area contributed by atoms with Crippen molar-refractivity contribution in [2.24, 2.45) is 0 Å². The molecule has 0 aliphatic heterocycles. The number of carbonyl (C=O) groups excluding carboxylic acids is 4. The van der Waals surface area contributed by atoms with E-state index in [1.807, 2.05) is 37.3 Å². The first-order chi connectivity index (χ1) is 26.9. The summed E-state index contributed by atoms with van der Waals surface area (Å²) >= 11 is 6.83. The van der Waals surface area contributed by atoms with Crippen molar-refractivity contribution in [1.29, 1.82) is 0 Å². The highest BCUT2D eigenvalue weighted by Gasteiger charge is 2.40. The third-order valence-corrected chi connectivity index (χ3v) is 14.8. The van der Waals surface area contributed by atoms with E-state index in [2.05, 4.69) is 49.5 Å². The Morgan fingerprint density at radius 1 is 1.00 bits per heavy atom. The minimum absolute atomic E-state index is 0.00698. The van der Waals surface area contributed by atoms with Gasteiger partial charge in [-0.3, -0.25) is 19.2 Å². The molecule has 13 nitrogen and oxygen atoms in total. The van der Waals surface area contributed by atoms with Crippen molar-refractivity contribution >= 4 is 60.7 Å². The van der Waals surface area contributed by atoms with E-state index in [4.69, 9.17) is 30.6 Å². The number of rotatable bonds is 18. The quantitative estimate of drug-likeness (QED) is 0.0424. The number of alkyl carbamates (subject to hydrolysis) is 1. The van der Waals surface area contributed by atoms with Crippen LogP contribution in [0.2, 0.25) is 23.2 Å². The Kier molecular flexibility index (Phi) is 16.6. The van der Waals surface area contributed by atoms with Crippen molar-refractivity contribution in [3.8, 4) is 5.75 Å². The number of nitrogens with one attached hydrogen (secondary N) is 3. The van der Waals surface area contributed by atoms with E-state index < -0.39 is 61.9 Å². The fourth-order valence-corrected chi connectivity index (χ4v) is 7.12. The lowest BCUT2D eigenvalue weighted by atomic mass is 9.99. The number of hydrogen-bond donors (Lipinski definition) is 4. The lowest BCUT2D eigenvalue weighted by Gasteiger charge is -2.36. The number of aromatic amines is 1. The van der Waals surface area contributed by atoms with Gasteiger partial charge in [0, 0.05) is 37.0 Å². The number of H-pyrrole nitrogens is 1. The molecular weight excluding hydrogens is 780 g/mol. The number of carbonyl (C=O) groups is 5. The summed E-state index contributed by atoms with van der Waals surface area (Å²) in [5.74, 6) is -2.09. The number of likely N-dealkylation sites (N-methyl/N-ethyl adjacent to an activating group) is 1. The van der Waals surface area contributed by atoms with Crippen molar-refractivity contribution in [3.05, 3.63) is 76.5 Å². The molecule has 0 aliphatic carbocycles. The number of hydrogen-bond acceptors (Lipinski definition) is 8. The number of halogens is 1. The molecule has 4 N–H and O–H groups in total. The third-order valence-electron chi connectivity index (χ3n) is 10.1. The lowest BCUT2D eigenvalue weighted by molar-refractivity contribution is -0.145. The largest absolute Gasteiger partial charge is 0.543 e. The van der Waals surface area contributed by atoms with E-state index in [9.17, 15) is 24.0 Å². The Morgan fingerprint density at radius 2 is 1.67 bits per heavy atom. The average molecular weight is 842 g/mol. The topological polar surface area (TPSA) is 176 Å². The number of benzene rings is 2. The van der Waals surface area contributed by atoms with E-state index >= 15 is 0 Å². The van der Waals surface area contributed by atoms with Gasteiger partial charge in [0.25, 0.3) is 8.32 Å². The predicted octanol–water partition coefficient (Wildman–Crippen LogP) is 8.48. The minimum atomic E-state index is -2.27. The Bertz CT molecular complexity index is 1960. The van der Waals surface area contributed by atoms with Crippen molar-refractivity contribution in [3.63, 3.8) is 0 Å². The number of aromatic nitrogens is 1. The van der Waals surface area contributed by atoms with Crippen LogP contribution in [0.3, 0.4) is 0 Å². The first-order valence-electron chi connectivity index (χ1n) is 19.5. The molecule has 3 atom stereocenters. The summed E-state index contributed by atoms with van der Waals surface area (Å²) in [6, 6.07) is 9.67. The molecule has 0 aliphatic rings. The smallest absolute Gasteiger partial charge is 0.408 e. The van der Waals surface area contributed by atoms with Crippen molar-refractivity contribution in [2.75, 3.05) is 13.7 Å². The molecule has 0 saturated carbocycles. The third kappa shape index (κ3) is 14.2. The van der Waals surface area contributed by atoms with Crippen LogP contribution in [0, 0.1) is 0 Å². The maximum atomic E-state index is 14.6. The van der Waals surface area contributed by atoms with E-state index in [-0.39, 0.29) is 30.9 Å². The molecule has 0 unspecified atom stereocenters. The first kappa shape index (κ1) is 47.6. The van der Waals surface area contributed by atoms with Crippen LogP contribution in [0.15, 0.2) is 60.3 Å². The number of carboxylic acid groups (broad SMARTS) is 1. The number of aliphatic carboxylic acids is 1. The van der Waals surface area contributed by atoms with Gasteiger partial charge in [0.1, 0.15) is 23.4 Å². The molecule has 0 spiro atoms. The van der Waals surface area contributed by atoms with Gasteiger partial charge in [0.15, 0.2) is 0 Å². The van der Waals surface area contributed by atoms with Gasteiger partial charge in [0.2, 0.25) is 11.8 Å². The summed E-state index contributed by atoms with van der Waals surface area (Å²) in [4.78, 5) is 69.9. The zero-order valence-electron chi connectivity index (χ0n) is 35.7. The zero-order valence-corrected chi connectivity index (χ0v) is 37.5. The normalized spacial score (nSPS) is 13.9. The second-order valence-electron chi connectivity index (χ2n) is 17.2. The molecule has 0 fully saturated rings. The second-order valence-corrected chi connectivity index (χ2v) is 22.3. The van der Waals surface area contributed by atoms with Gasteiger partial charge >= 0.3 is 18.0 Å². The van der Waals surface area contributed by atoms with Crippen LogP contribution in [-0.2, 0) is 35.1 Å². The molecule has 0 bridgehead atoms. The predicted molar refractivity (Wildman–Crippen MR) is 228 cm³/mol. The second kappa shape index (κ2) is 20.2. The van der Waals surface area contributed by atoms with Gasteiger partial charge in [-0.05, 0) is 94.9 Å². The molecule has 318 valence electrons. The number of fused-ring (bicyclic) bond motifs is 1. The van der Waals surface area contributed by atoms with Crippen LogP contribution in [0.4, 0.5) is 4.79 Å². The Balaban J connectivity index is 1.97. The molecule has 1 heterocycles. The maximum absolute atomic E-state index is 14.6. The molecule has 3 aromatic rings. The van der Waals surface area contributed by atoms with E-state index in [1.165, 1.54) is 18.9 Å². The number of nitrogens with zero attached hydrogens (tertiary/aromatic N) is 1. The molecule has 1 aromatic heterocycles. The first-order valence-corrected chi connectivity index (χ1v) is 22.8. The number of ether oxygens (including phenoxy) is 2. The van der Waals surface area contributed by atoms with Crippen LogP contribution < -0.4 is 15.1 Å². The highest BCUT2D eigenvalue weighted by Crippen LogP contribution is 2.40. The fourth-order valence-electron chi connectivity index (χ4n) is 5.79. The molecule has 3 amide bonds. The molecule has 3 rings (SSSR count). The van der Waals surface area contributed by atoms with Crippen LogP contribution in [0.5, 0.6) is 5.75 Å². The summed E-state index contributed by atoms with van der Waals surface area (Å²) in [6.07, 6.45) is 3.46. The summed E-state index contributed by atoms with van der Waals surface area (Å²) in [7, 11) is -0.775. The Hall–Kier alpha value is -4.82. The number of amides is 3. The summed E-state index contributed by atoms with van der Waals surface area (Å²) in [5, 5.41) is 15.6. The van der Waals surface area contributed by atoms with E-state index in [1.54, 1.807) is 45.2 Å². The summed E-state index contributed by atoms with van der Waals surface area (Å²) in [5.41, 5.74) is 2.23. The van der Waals surface area contributed by atoms with E-state index in [0.717, 1.165) is 22.0 Å². The molecule has 0 saturated heterocycles. The minimum Gasteiger partial charge on any atom is -0.543 e. The molecule has 0 radical (unpaired) electrons. The SMILES string of the molecule is CC(=CCCOC(=O)C[C@@H](NC(=O)[C@@H](Cc1c[nH]c2ccccc12)N(C)C(=O)[C@H](C)NC(=O)OC(C)(C)C)c1ccc(O[Si](C)(C)C(C)(C)C)c(Cl)c1)CCC(=O)O. The summed E-state index contributed by atoms with van der Waals surface area (Å²) in [6.45, 7) is 19.1. The van der Waals surface area contributed by atoms with Gasteiger partial charge < -0.3 is 39.5 Å². The lowest BCUT2D eigenvalue weighted by Crippen LogP contribution is -2.55. The highest BCUT2D eigenvalue weighted by atomic mass is 35.5. The van der Waals surface area contributed by atoms with Gasteiger partial charge in [0.05, 0.1) is 24.1 Å². The van der Waals surface area contributed by atoms with Crippen molar-refractivity contribution in [1.82, 2.24) is 20.5 Å².